The van der Waals surface area contributed by atoms with Crippen LogP contribution in [0.15, 0.2) is 24.3 Å². The Labute approximate surface area is 129 Å². The van der Waals surface area contributed by atoms with E-state index < -0.39 is 0 Å². The van der Waals surface area contributed by atoms with Gasteiger partial charge in [-0.3, -0.25) is 9.47 Å². The molecular formula is C15H18ClN5. The van der Waals surface area contributed by atoms with Crippen LogP contribution in [0.1, 0.15) is 36.2 Å². The number of para-hydroxylation sites is 1. The van der Waals surface area contributed by atoms with Crippen molar-refractivity contribution >= 4 is 11.8 Å². The molecule has 1 fully saturated rings. The Hall–Kier alpha value is -1.43. The van der Waals surface area contributed by atoms with E-state index in [-0.39, 0.29) is 6.17 Å². The zero-order valence-corrected chi connectivity index (χ0v) is 12.8. The summed E-state index contributed by atoms with van der Waals surface area (Å²) in [4.78, 5) is 2.40. The Balaban J connectivity index is 1.90. The number of benzene rings is 1. The van der Waals surface area contributed by atoms with E-state index in [2.05, 4.69) is 43.9 Å². The van der Waals surface area contributed by atoms with Gasteiger partial charge in [0.2, 0.25) is 0 Å². The first-order chi connectivity index (χ1) is 10.3. The van der Waals surface area contributed by atoms with Gasteiger partial charge in [-0.1, -0.05) is 18.2 Å². The SMILES string of the molecule is Cc1nnc2n1-c1ccccc1CN(Cl)C2N1CCCC1. The molecule has 4 rings (SSSR count). The zero-order valence-electron chi connectivity index (χ0n) is 12.0. The number of likely N-dealkylation sites (tertiary alicyclic amines) is 1. The maximum Gasteiger partial charge on any atom is 0.171 e. The monoisotopic (exact) mass is 303 g/mol. The molecule has 110 valence electrons. The Morgan fingerprint density at radius 2 is 1.90 bits per heavy atom. The predicted octanol–water partition coefficient (Wildman–Crippen LogP) is 2.64. The first-order valence-electron chi connectivity index (χ1n) is 7.42. The smallest absolute Gasteiger partial charge is 0.171 e. The normalized spacial score (nSPS) is 22.9. The average molecular weight is 304 g/mol. The summed E-state index contributed by atoms with van der Waals surface area (Å²) in [7, 11) is 0. The van der Waals surface area contributed by atoms with E-state index in [1.807, 2.05) is 11.3 Å². The van der Waals surface area contributed by atoms with Gasteiger partial charge in [-0.2, -0.15) is 4.42 Å². The highest BCUT2D eigenvalue weighted by Gasteiger charge is 2.36. The molecule has 0 N–H and O–H groups in total. The van der Waals surface area contributed by atoms with E-state index in [9.17, 15) is 0 Å². The number of rotatable bonds is 1. The third-order valence-corrected chi connectivity index (χ3v) is 4.69. The van der Waals surface area contributed by atoms with Crippen molar-refractivity contribution in [2.45, 2.75) is 32.5 Å². The van der Waals surface area contributed by atoms with Crippen LogP contribution < -0.4 is 0 Å². The number of hydrogen-bond acceptors (Lipinski definition) is 4. The summed E-state index contributed by atoms with van der Waals surface area (Å²) in [6.07, 6.45) is 2.44. The van der Waals surface area contributed by atoms with Gasteiger partial charge in [-0.05, 0) is 43.2 Å². The molecule has 1 atom stereocenters. The molecule has 1 saturated heterocycles. The van der Waals surface area contributed by atoms with E-state index in [0.717, 1.165) is 30.4 Å². The highest BCUT2D eigenvalue weighted by Crippen LogP contribution is 2.36. The Kier molecular flexibility index (Phi) is 3.21. The molecule has 0 amide bonds. The van der Waals surface area contributed by atoms with E-state index >= 15 is 0 Å². The summed E-state index contributed by atoms with van der Waals surface area (Å²) >= 11 is 6.64. The fourth-order valence-electron chi connectivity index (χ4n) is 3.41. The largest absolute Gasteiger partial charge is 0.280 e. The maximum absolute atomic E-state index is 6.64. The number of hydrogen-bond donors (Lipinski definition) is 0. The number of aryl methyl sites for hydroxylation is 1. The Bertz CT molecular complexity index is 662. The molecule has 2 aliphatic rings. The number of halogens is 1. The van der Waals surface area contributed by atoms with Crippen molar-refractivity contribution in [3.63, 3.8) is 0 Å². The number of aromatic nitrogens is 3. The van der Waals surface area contributed by atoms with E-state index in [4.69, 9.17) is 11.8 Å². The molecule has 6 heteroatoms. The van der Waals surface area contributed by atoms with Gasteiger partial charge in [0.1, 0.15) is 12.0 Å². The number of fused-ring (bicyclic) bond motifs is 3. The topological polar surface area (TPSA) is 37.2 Å². The lowest BCUT2D eigenvalue weighted by molar-refractivity contribution is 0.117. The highest BCUT2D eigenvalue weighted by molar-refractivity contribution is 6.13. The molecule has 0 spiro atoms. The van der Waals surface area contributed by atoms with Crippen molar-refractivity contribution in [2.24, 2.45) is 0 Å². The second kappa shape index (κ2) is 5.09. The van der Waals surface area contributed by atoms with Crippen molar-refractivity contribution in [3.05, 3.63) is 41.5 Å². The second-order valence-electron chi connectivity index (χ2n) is 5.74. The molecule has 0 radical (unpaired) electrons. The molecule has 0 aliphatic carbocycles. The molecule has 2 aromatic rings. The van der Waals surface area contributed by atoms with Crippen LogP contribution in [0.25, 0.3) is 5.69 Å². The van der Waals surface area contributed by atoms with Crippen LogP contribution in [0.2, 0.25) is 0 Å². The van der Waals surface area contributed by atoms with Crippen molar-refractivity contribution in [3.8, 4) is 5.69 Å². The standard InChI is InChI=1S/C15H18ClN5/c1-11-17-18-14-15(19-8-4-5-9-19)20(16)10-12-6-2-3-7-13(12)21(11)14/h2-3,6-7,15H,4-5,8-10H2,1H3. The highest BCUT2D eigenvalue weighted by atomic mass is 35.5. The molecule has 21 heavy (non-hydrogen) atoms. The van der Waals surface area contributed by atoms with Gasteiger partial charge in [-0.15, -0.1) is 10.2 Å². The van der Waals surface area contributed by atoms with Gasteiger partial charge in [0.05, 0.1) is 5.69 Å². The van der Waals surface area contributed by atoms with Crippen LogP contribution >= 0.6 is 11.8 Å². The molecule has 1 unspecified atom stereocenters. The molecule has 5 nitrogen and oxygen atoms in total. The fourth-order valence-corrected chi connectivity index (χ4v) is 3.75. The van der Waals surface area contributed by atoms with Crippen LogP contribution in [-0.4, -0.2) is 37.2 Å². The minimum absolute atomic E-state index is 0.0113. The van der Waals surface area contributed by atoms with Gasteiger partial charge in [0.15, 0.2) is 5.82 Å². The minimum atomic E-state index is -0.0113. The van der Waals surface area contributed by atoms with E-state index in [1.165, 1.54) is 18.4 Å². The van der Waals surface area contributed by atoms with Gasteiger partial charge in [0.25, 0.3) is 0 Å². The molecule has 2 aliphatic heterocycles. The van der Waals surface area contributed by atoms with Crippen LogP contribution in [0.4, 0.5) is 0 Å². The van der Waals surface area contributed by atoms with Crippen molar-refractivity contribution in [1.82, 2.24) is 24.1 Å². The van der Waals surface area contributed by atoms with Crippen molar-refractivity contribution in [2.75, 3.05) is 13.1 Å². The molecule has 0 saturated carbocycles. The summed E-state index contributed by atoms with van der Waals surface area (Å²) in [5.74, 6) is 1.84. The summed E-state index contributed by atoms with van der Waals surface area (Å²) in [5.41, 5.74) is 2.35. The molecule has 0 bridgehead atoms. The predicted molar refractivity (Wildman–Crippen MR) is 81.0 cm³/mol. The molecule has 1 aromatic carbocycles. The van der Waals surface area contributed by atoms with Crippen LogP contribution in [0.5, 0.6) is 0 Å². The second-order valence-corrected chi connectivity index (χ2v) is 6.18. The lowest BCUT2D eigenvalue weighted by atomic mass is 10.2. The lowest BCUT2D eigenvalue weighted by Crippen LogP contribution is -2.35. The maximum atomic E-state index is 6.64. The summed E-state index contributed by atoms with van der Waals surface area (Å²) < 4.78 is 4.03. The van der Waals surface area contributed by atoms with Crippen LogP contribution in [-0.2, 0) is 6.54 Å². The fraction of sp³-hybridized carbons (Fsp3) is 0.467. The van der Waals surface area contributed by atoms with Crippen LogP contribution in [0.3, 0.4) is 0 Å². The van der Waals surface area contributed by atoms with E-state index in [0.29, 0.717) is 6.54 Å². The average Bonchev–Trinajstić information content (AvgIpc) is 3.09. The third kappa shape index (κ3) is 2.08. The third-order valence-electron chi connectivity index (χ3n) is 4.39. The van der Waals surface area contributed by atoms with Gasteiger partial charge in [-0.25, -0.2) is 0 Å². The molecule has 1 aromatic heterocycles. The van der Waals surface area contributed by atoms with Gasteiger partial charge < -0.3 is 0 Å². The Morgan fingerprint density at radius 3 is 2.71 bits per heavy atom. The molecule has 3 heterocycles. The van der Waals surface area contributed by atoms with E-state index in [1.54, 1.807) is 0 Å². The van der Waals surface area contributed by atoms with Crippen molar-refractivity contribution in [1.29, 1.82) is 0 Å². The summed E-state index contributed by atoms with van der Waals surface area (Å²) in [6, 6.07) is 8.35. The summed E-state index contributed by atoms with van der Waals surface area (Å²) in [5, 5.41) is 8.73. The van der Waals surface area contributed by atoms with Crippen LogP contribution in [0, 0.1) is 6.92 Å². The zero-order chi connectivity index (χ0) is 14.4. The molecular weight excluding hydrogens is 286 g/mol. The minimum Gasteiger partial charge on any atom is -0.280 e. The first-order valence-corrected chi connectivity index (χ1v) is 7.76. The first kappa shape index (κ1) is 13.2. The summed E-state index contributed by atoms with van der Waals surface area (Å²) in [6.45, 7) is 4.84. The van der Waals surface area contributed by atoms with Gasteiger partial charge >= 0.3 is 0 Å². The van der Waals surface area contributed by atoms with Crippen molar-refractivity contribution < 1.29 is 0 Å². The van der Waals surface area contributed by atoms with Gasteiger partial charge in [0, 0.05) is 19.6 Å². The quantitative estimate of drug-likeness (QED) is 0.759. The Morgan fingerprint density at radius 1 is 1.14 bits per heavy atom. The lowest BCUT2D eigenvalue weighted by Gasteiger charge is -2.30. The number of nitrogens with zero attached hydrogens (tertiary/aromatic N) is 5.